The predicted molar refractivity (Wildman–Crippen MR) is 312 cm³/mol. The van der Waals surface area contributed by atoms with Crippen molar-refractivity contribution < 1.29 is 18.3 Å². The van der Waals surface area contributed by atoms with Gasteiger partial charge >= 0.3 is 0 Å². The maximum Gasteiger partial charge on any atom is 0.181 e. The molecule has 0 aliphatic heterocycles. The van der Waals surface area contributed by atoms with E-state index in [2.05, 4.69) is 115 Å². The Morgan fingerprint density at radius 1 is 0.568 bits per heavy atom. The lowest BCUT2D eigenvalue weighted by molar-refractivity contribution is 0.112. The molecule has 0 N–H and O–H groups in total. The van der Waals surface area contributed by atoms with Gasteiger partial charge in [-0.2, -0.15) is 18.2 Å². The minimum Gasteiger partial charge on any atom is -0.449 e. The van der Waals surface area contributed by atoms with Crippen molar-refractivity contribution in [1.29, 1.82) is 0 Å². The molecule has 10 aromatic heterocycles. The van der Waals surface area contributed by atoms with E-state index in [-0.39, 0.29) is 0 Å². The molecule has 0 aromatic carbocycles. The third-order valence-electron chi connectivity index (χ3n) is 11.0. The minimum atomic E-state index is 0.815. The maximum absolute atomic E-state index is 10.1. The van der Waals surface area contributed by atoms with Crippen LogP contribution in [0.4, 0.5) is 0 Å². The Labute approximate surface area is 463 Å². The van der Waals surface area contributed by atoms with Crippen molar-refractivity contribution in [3.05, 3.63) is 173 Å². The lowest BCUT2D eigenvalue weighted by Gasteiger charge is -1.90. The molecule has 10 rings (SSSR count). The van der Waals surface area contributed by atoms with E-state index < -0.39 is 0 Å². The van der Waals surface area contributed by atoms with Crippen molar-refractivity contribution >= 4 is 74.9 Å². The van der Waals surface area contributed by atoms with E-state index in [4.69, 9.17) is 8.94 Å². The molecule has 0 aliphatic carbocycles. The van der Waals surface area contributed by atoms with Gasteiger partial charge in [0, 0.05) is 59.2 Å². The molecular weight excluding hydrogens is 1050 g/mol. The second kappa shape index (κ2) is 35.5. The Morgan fingerprint density at radius 2 is 1.19 bits per heavy atom. The van der Waals surface area contributed by atoms with Gasteiger partial charge in [0.05, 0.1) is 62.8 Å². The number of nitrogens with zero attached hydrogens (tertiary/aromatic N) is 10. The molecule has 402 valence electrons. The van der Waals surface area contributed by atoms with E-state index >= 15 is 0 Å². The molecule has 0 amide bonds. The molecule has 74 heavy (non-hydrogen) atoms. The van der Waals surface area contributed by atoms with Crippen LogP contribution in [0.15, 0.2) is 66.2 Å². The first-order chi connectivity index (χ1) is 34.8. The quantitative estimate of drug-likeness (QED) is 0.142. The normalized spacial score (nSPS) is 9.54. The van der Waals surface area contributed by atoms with Crippen LogP contribution in [0.1, 0.15) is 125 Å². The number of aldehydes is 1. The summed E-state index contributed by atoms with van der Waals surface area (Å²) < 4.78 is 28.3. The summed E-state index contributed by atoms with van der Waals surface area (Å²) in [5, 5.41) is 15.4. The summed E-state index contributed by atoms with van der Waals surface area (Å²) in [6.45, 7) is 42.3. The molecule has 14 nitrogen and oxygen atoms in total. The van der Waals surface area contributed by atoms with Crippen LogP contribution in [0.25, 0.3) is 0 Å². The number of oxazole rings is 1. The zero-order valence-electron chi connectivity index (χ0n) is 47.3. The van der Waals surface area contributed by atoms with Crippen LogP contribution < -0.4 is 0 Å². The van der Waals surface area contributed by atoms with Crippen molar-refractivity contribution in [1.82, 2.24) is 48.2 Å². The van der Waals surface area contributed by atoms with Crippen molar-refractivity contribution in [2.75, 3.05) is 0 Å². The Kier molecular flexibility index (Phi) is 31.9. The number of aromatic nitrogens is 10. The Morgan fingerprint density at radius 3 is 1.32 bits per heavy atom. The fourth-order valence-corrected chi connectivity index (χ4v) is 8.33. The maximum atomic E-state index is 10.1. The van der Waals surface area contributed by atoms with E-state index in [1.165, 1.54) is 65.5 Å². The summed E-state index contributed by atoms with van der Waals surface area (Å²) in [6, 6.07) is 3.90. The van der Waals surface area contributed by atoms with Crippen molar-refractivity contribution in [3.63, 3.8) is 0 Å². The predicted octanol–water partition coefficient (Wildman–Crippen LogP) is 16.2. The highest BCUT2D eigenvalue weighted by atomic mass is 32.1. The van der Waals surface area contributed by atoms with Gasteiger partial charge in [0.2, 0.25) is 0 Å². The Hall–Kier alpha value is -5.64. The first-order valence-electron chi connectivity index (χ1n) is 23.3. The SMILES string of the molecule is Cc1cc(C)sn1.Cc1cnoc1C.Cc1conc1C.Cc1csnc1C.Cc1ncoc1C.Cc1ncsc1C.Cc1ncsc1C.Cc1nn(C)c(C)c1C.Cc1nsc(C)c1C.Cc1sccc1C=O. The summed E-state index contributed by atoms with van der Waals surface area (Å²) >= 11 is 9.64. The zero-order valence-corrected chi connectivity index (χ0v) is 52.2. The van der Waals surface area contributed by atoms with Crippen LogP contribution in [-0.2, 0) is 7.05 Å². The monoisotopic (exact) mass is 1120 g/mol. The Bertz CT molecular complexity index is 2610. The Balaban J connectivity index is 0.000000412. The van der Waals surface area contributed by atoms with Crippen molar-refractivity contribution in [3.8, 4) is 0 Å². The van der Waals surface area contributed by atoms with E-state index in [9.17, 15) is 4.79 Å². The molecule has 0 saturated heterocycles. The summed E-state index contributed by atoms with van der Waals surface area (Å²) in [7, 11) is 1.97. The summed E-state index contributed by atoms with van der Waals surface area (Å²) in [5.74, 6) is 1.81. The second-order valence-corrected chi connectivity index (χ2v) is 22.6. The van der Waals surface area contributed by atoms with Crippen molar-refractivity contribution in [2.24, 2.45) is 7.05 Å². The molecule has 0 atom stereocenters. The molecule has 0 unspecified atom stereocenters. The number of thiophene rings is 1. The molecule has 10 aromatic rings. The van der Waals surface area contributed by atoms with Crippen LogP contribution >= 0.6 is 68.6 Å². The smallest absolute Gasteiger partial charge is 0.181 e. The van der Waals surface area contributed by atoms with E-state index in [0.29, 0.717) is 0 Å². The topological polar surface area (TPSA) is 177 Å². The summed E-state index contributed by atoms with van der Waals surface area (Å²) in [6.07, 6.45) is 5.67. The number of hydrogen-bond donors (Lipinski definition) is 0. The van der Waals surface area contributed by atoms with Gasteiger partial charge in [-0.3, -0.25) is 9.48 Å². The van der Waals surface area contributed by atoms with Gasteiger partial charge in [0.15, 0.2) is 12.7 Å². The molecular formula is C54H76N10O4S6. The molecule has 0 fully saturated rings. The van der Waals surface area contributed by atoms with Gasteiger partial charge < -0.3 is 13.5 Å². The number of carbonyl (C=O) groups excluding carboxylic acids is 1. The van der Waals surface area contributed by atoms with E-state index in [1.807, 2.05) is 124 Å². The fraction of sp³-hybridized carbons (Fsp3) is 0.407. The molecule has 20 heteroatoms. The third-order valence-corrected chi connectivity index (χ3v) is 16.1. The van der Waals surface area contributed by atoms with Crippen LogP contribution in [0.3, 0.4) is 0 Å². The van der Waals surface area contributed by atoms with Crippen LogP contribution in [-0.4, -0.2) is 54.5 Å². The first kappa shape index (κ1) is 66.4. The zero-order chi connectivity index (χ0) is 56.1. The number of thiazole rings is 2. The number of carbonyl (C=O) groups is 1. The molecule has 0 aliphatic rings. The standard InChI is InChI=1S/C7H12N2.C6H9NS.C6H6OS.3C5H7NO.4C5H7NS/c1-5-6(2)8-9(4)7(5)3;1-4-5(2)7-8-6(4)3;1-5-6(4-7)2-3-8-5;1-4-5(2)7-3-6-4;1-4-3-7-6-5(4)2;1-4-3-6-7-5(4)2;2*1-4-5(2)7-3-6-4;1-4-3-7-6-5(4)2;1-4-3-5(2)7-6-4/h1-4H3;1-3H3;2-4H,1H3;7*3H,1-2H3. The lowest BCUT2D eigenvalue weighted by Crippen LogP contribution is -1.92. The highest BCUT2D eigenvalue weighted by molar-refractivity contribution is 7.10. The second-order valence-electron chi connectivity index (χ2n) is 16.7. The van der Waals surface area contributed by atoms with Gasteiger partial charge in [0.25, 0.3) is 0 Å². The molecule has 0 radical (unpaired) electrons. The third kappa shape index (κ3) is 26.0. The van der Waals surface area contributed by atoms with Gasteiger partial charge in [-0.1, -0.05) is 10.3 Å². The number of rotatable bonds is 1. The fourth-order valence-electron chi connectivity index (χ4n) is 4.53. The van der Waals surface area contributed by atoms with E-state index in [1.54, 1.807) is 69.5 Å². The largest absolute Gasteiger partial charge is 0.449 e. The highest BCUT2D eigenvalue weighted by Gasteiger charge is 2.02. The van der Waals surface area contributed by atoms with Crippen LogP contribution in [0.2, 0.25) is 0 Å². The average Bonchev–Trinajstić information content (AvgIpc) is 4.29. The van der Waals surface area contributed by atoms with Gasteiger partial charge in [-0.25, -0.2) is 15.0 Å². The minimum absolute atomic E-state index is 0.815. The average molecular weight is 1120 g/mol. The van der Waals surface area contributed by atoms with Gasteiger partial charge in [-0.15, -0.1) is 34.0 Å². The number of aryl methyl sites for hydroxylation is 19. The molecule has 0 spiro atoms. The van der Waals surface area contributed by atoms with Crippen molar-refractivity contribution in [2.45, 2.75) is 145 Å². The first-order valence-corrected chi connectivity index (χ1v) is 28.3. The molecule has 0 bridgehead atoms. The highest BCUT2D eigenvalue weighted by Crippen LogP contribution is 2.15. The van der Waals surface area contributed by atoms with Gasteiger partial charge in [0.1, 0.15) is 17.8 Å². The van der Waals surface area contributed by atoms with Crippen LogP contribution in [0, 0.1) is 145 Å². The van der Waals surface area contributed by atoms with Crippen LogP contribution in [0.5, 0.6) is 0 Å². The molecule has 0 saturated carbocycles. The summed E-state index contributed by atoms with van der Waals surface area (Å²) in [5.41, 5.74) is 20.8. The van der Waals surface area contributed by atoms with E-state index in [0.717, 1.165) is 79.2 Å². The summed E-state index contributed by atoms with van der Waals surface area (Å²) in [4.78, 5) is 28.4. The molecule has 10 heterocycles. The lowest BCUT2D eigenvalue weighted by atomic mass is 10.2. The number of hydrogen-bond acceptors (Lipinski definition) is 19. The van der Waals surface area contributed by atoms with Gasteiger partial charge in [-0.05, 0) is 214 Å².